The first-order valence-corrected chi connectivity index (χ1v) is 12.3. The average Bonchev–Trinajstić information content (AvgIpc) is 3.22. The molecule has 0 saturated carbocycles. The van der Waals surface area contributed by atoms with Crippen molar-refractivity contribution >= 4 is 17.5 Å². The van der Waals surface area contributed by atoms with Crippen LogP contribution in [0, 0.1) is 13.8 Å². The zero-order chi connectivity index (χ0) is 24.1. The number of rotatable bonds is 9. The molecule has 1 aliphatic heterocycles. The minimum Gasteiger partial charge on any atom is -0.435 e. The van der Waals surface area contributed by atoms with Gasteiger partial charge in [0, 0.05) is 11.3 Å². The molecule has 0 unspecified atom stereocenters. The van der Waals surface area contributed by atoms with Crippen LogP contribution in [0.5, 0.6) is 5.75 Å². The number of Topliss-reactive ketones (excluding diaryl/α,β-unsaturated/α-hetero) is 1. The zero-order valence-corrected chi connectivity index (χ0v) is 20.2. The van der Waals surface area contributed by atoms with E-state index in [0.717, 1.165) is 48.6 Å². The van der Waals surface area contributed by atoms with Gasteiger partial charge in [-0.3, -0.25) is 14.3 Å². The second kappa shape index (κ2) is 11.1. The van der Waals surface area contributed by atoms with Gasteiger partial charge in [0.2, 0.25) is 0 Å². The smallest absolute Gasteiger partial charge is 0.387 e. The summed E-state index contributed by atoms with van der Waals surface area (Å²) in [5.41, 5.74) is 3.63. The third-order valence-electron chi connectivity index (χ3n) is 6.00. The molecule has 0 bridgehead atoms. The van der Waals surface area contributed by atoms with E-state index in [1.807, 2.05) is 36.6 Å². The van der Waals surface area contributed by atoms with Gasteiger partial charge in [0.1, 0.15) is 5.75 Å². The Balaban J connectivity index is 1.57. The highest BCUT2D eigenvalue weighted by Gasteiger charge is 2.20. The number of hydrogen-bond donors (Lipinski definition) is 0. The van der Waals surface area contributed by atoms with Crippen LogP contribution >= 0.6 is 11.8 Å². The first-order chi connectivity index (χ1) is 16.4. The number of thioether (sulfide) groups is 1. The molecule has 1 aliphatic rings. The van der Waals surface area contributed by atoms with Crippen molar-refractivity contribution in [2.45, 2.75) is 51.4 Å². The first-order valence-electron chi connectivity index (χ1n) is 11.4. The van der Waals surface area contributed by atoms with Gasteiger partial charge in [-0.15, -0.1) is 10.2 Å². The lowest BCUT2D eigenvalue weighted by atomic mass is 10.0. The SMILES string of the molecule is Cc1ccc(C(=O)CSc2nnc(CN3CCCCC3)n2-c2ccc(OC(F)F)cc2)cc1C. The maximum atomic E-state index is 12.8. The summed E-state index contributed by atoms with van der Waals surface area (Å²) >= 11 is 1.32. The third-order valence-corrected chi connectivity index (χ3v) is 6.92. The second-order valence-corrected chi connectivity index (χ2v) is 9.40. The van der Waals surface area contributed by atoms with Crippen molar-refractivity contribution < 1.29 is 18.3 Å². The van der Waals surface area contributed by atoms with Gasteiger partial charge in [-0.05, 0) is 81.2 Å². The monoisotopic (exact) mass is 486 g/mol. The molecule has 0 radical (unpaired) electrons. The minimum atomic E-state index is -2.88. The number of carbonyl (C=O) groups is 1. The van der Waals surface area contributed by atoms with Crippen LogP contribution in [0.3, 0.4) is 0 Å². The molecule has 3 aromatic rings. The van der Waals surface area contributed by atoms with Crippen LogP contribution in [0.25, 0.3) is 5.69 Å². The molecule has 180 valence electrons. The second-order valence-electron chi connectivity index (χ2n) is 8.45. The summed E-state index contributed by atoms with van der Waals surface area (Å²) in [5.74, 6) is 1.08. The molecule has 0 N–H and O–H groups in total. The number of aryl methyl sites for hydroxylation is 2. The third kappa shape index (κ3) is 6.01. The Kier molecular flexibility index (Phi) is 7.95. The quantitative estimate of drug-likeness (QED) is 0.296. The van der Waals surface area contributed by atoms with Crippen LogP contribution in [0.15, 0.2) is 47.6 Å². The molecule has 1 fully saturated rings. The van der Waals surface area contributed by atoms with E-state index in [-0.39, 0.29) is 17.3 Å². The number of ether oxygens (including phenoxy) is 1. The van der Waals surface area contributed by atoms with E-state index in [0.29, 0.717) is 17.3 Å². The minimum absolute atomic E-state index is 0.0147. The maximum Gasteiger partial charge on any atom is 0.387 e. The Labute approximate surface area is 202 Å². The lowest BCUT2D eigenvalue weighted by Crippen LogP contribution is -2.30. The van der Waals surface area contributed by atoms with Crippen molar-refractivity contribution in [3.8, 4) is 11.4 Å². The number of benzene rings is 2. The van der Waals surface area contributed by atoms with E-state index in [9.17, 15) is 13.6 Å². The van der Waals surface area contributed by atoms with E-state index in [2.05, 4.69) is 19.8 Å². The lowest BCUT2D eigenvalue weighted by Gasteiger charge is -2.26. The van der Waals surface area contributed by atoms with Crippen LogP contribution < -0.4 is 4.74 Å². The molecule has 1 aromatic heterocycles. The number of piperidine rings is 1. The number of aromatic nitrogens is 3. The largest absolute Gasteiger partial charge is 0.435 e. The highest BCUT2D eigenvalue weighted by atomic mass is 32.2. The van der Waals surface area contributed by atoms with Crippen molar-refractivity contribution in [1.29, 1.82) is 0 Å². The Morgan fingerprint density at radius 1 is 1.03 bits per heavy atom. The lowest BCUT2D eigenvalue weighted by molar-refractivity contribution is -0.0498. The molecule has 1 saturated heterocycles. The van der Waals surface area contributed by atoms with Crippen LogP contribution in [-0.4, -0.2) is 50.9 Å². The van der Waals surface area contributed by atoms with Gasteiger partial charge >= 0.3 is 6.61 Å². The van der Waals surface area contributed by atoms with Crippen LogP contribution in [0.4, 0.5) is 8.78 Å². The summed E-state index contributed by atoms with van der Waals surface area (Å²) in [6.07, 6.45) is 3.54. The topological polar surface area (TPSA) is 60.2 Å². The summed E-state index contributed by atoms with van der Waals surface area (Å²) in [6, 6.07) is 12.1. The Hall–Kier alpha value is -2.78. The number of hydrogen-bond acceptors (Lipinski definition) is 6. The molecular formula is C25H28F2N4O2S. The van der Waals surface area contributed by atoms with Gasteiger partial charge < -0.3 is 4.74 Å². The molecule has 9 heteroatoms. The highest BCUT2D eigenvalue weighted by Crippen LogP contribution is 2.26. The maximum absolute atomic E-state index is 12.8. The fourth-order valence-corrected chi connectivity index (χ4v) is 4.84. The summed E-state index contributed by atoms with van der Waals surface area (Å²) < 4.78 is 31.5. The predicted molar refractivity (Wildman–Crippen MR) is 128 cm³/mol. The van der Waals surface area contributed by atoms with Crippen LogP contribution in [-0.2, 0) is 6.54 Å². The van der Waals surface area contributed by atoms with E-state index in [4.69, 9.17) is 0 Å². The first kappa shape index (κ1) is 24.3. The summed E-state index contributed by atoms with van der Waals surface area (Å²) in [5, 5.41) is 9.38. The number of halogens is 2. The van der Waals surface area contributed by atoms with Crippen molar-refractivity contribution in [2.75, 3.05) is 18.8 Å². The van der Waals surface area contributed by atoms with Crippen molar-refractivity contribution in [2.24, 2.45) is 0 Å². The van der Waals surface area contributed by atoms with E-state index >= 15 is 0 Å². The Morgan fingerprint density at radius 2 is 1.76 bits per heavy atom. The van der Waals surface area contributed by atoms with Crippen LogP contribution in [0.2, 0.25) is 0 Å². The van der Waals surface area contributed by atoms with Gasteiger partial charge in [-0.1, -0.05) is 30.3 Å². The normalized spacial score (nSPS) is 14.5. The van der Waals surface area contributed by atoms with Crippen molar-refractivity contribution in [1.82, 2.24) is 19.7 Å². The molecular weight excluding hydrogens is 458 g/mol. The molecule has 2 heterocycles. The fourth-order valence-electron chi connectivity index (χ4n) is 3.98. The highest BCUT2D eigenvalue weighted by molar-refractivity contribution is 7.99. The standard InChI is InChI=1S/C25H28F2N4O2S/c1-17-6-7-19(14-18(17)2)22(32)16-34-25-29-28-23(15-30-12-4-3-5-13-30)31(25)20-8-10-21(11-9-20)33-24(26)27/h6-11,14,24H,3-5,12-13,15-16H2,1-2H3. The average molecular weight is 487 g/mol. The van der Waals surface area contributed by atoms with E-state index in [1.165, 1.54) is 30.3 Å². The Bertz CT molecular complexity index is 1130. The molecule has 0 aliphatic carbocycles. The van der Waals surface area contributed by atoms with Gasteiger partial charge in [-0.25, -0.2) is 0 Å². The van der Waals surface area contributed by atoms with Crippen LogP contribution in [0.1, 0.15) is 46.6 Å². The number of alkyl halides is 2. The van der Waals surface area contributed by atoms with E-state index in [1.54, 1.807) is 12.1 Å². The van der Waals surface area contributed by atoms with E-state index < -0.39 is 6.61 Å². The number of nitrogens with zero attached hydrogens (tertiary/aromatic N) is 4. The summed E-state index contributed by atoms with van der Waals surface area (Å²) in [4.78, 5) is 15.2. The molecule has 0 atom stereocenters. The molecule has 6 nitrogen and oxygen atoms in total. The predicted octanol–water partition coefficient (Wildman–Crippen LogP) is 5.45. The zero-order valence-electron chi connectivity index (χ0n) is 19.3. The number of carbonyl (C=O) groups excluding carboxylic acids is 1. The molecule has 34 heavy (non-hydrogen) atoms. The Morgan fingerprint density at radius 3 is 2.44 bits per heavy atom. The fraction of sp³-hybridized carbons (Fsp3) is 0.400. The summed E-state index contributed by atoms with van der Waals surface area (Å²) in [7, 11) is 0. The van der Waals surface area contributed by atoms with Gasteiger partial charge in [0.25, 0.3) is 0 Å². The van der Waals surface area contributed by atoms with Crippen molar-refractivity contribution in [3.05, 3.63) is 65.0 Å². The molecule has 4 rings (SSSR count). The summed E-state index contributed by atoms with van der Waals surface area (Å²) in [6.45, 7) is 3.77. The van der Waals surface area contributed by atoms with Gasteiger partial charge in [0.15, 0.2) is 16.8 Å². The van der Waals surface area contributed by atoms with Gasteiger partial charge in [-0.2, -0.15) is 8.78 Å². The molecule has 0 amide bonds. The van der Waals surface area contributed by atoms with Gasteiger partial charge in [0.05, 0.1) is 12.3 Å². The number of ketones is 1. The molecule has 2 aromatic carbocycles. The molecule has 0 spiro atoms. The number of likely N-dealkylation sites (tertiary alicyclic amines) is 1. The van der Waals surface area contributed by atoms with Crippen molar-refractivity contribution in [3.63, 3.8) is 0 Å².